The second-order valence-corrected chi connectivity index (χ2v) is 4.90. The third kappa shape index (κ3) is 3.17. The molecule has 0 saturated carbocycles. The van der Waals surface area contributed by atoms with Crippen molar-refractivity contribution in [1.29, 1.82) is 0 Å². The fraction of sp³-hybridized carbons (Fsp3) is 0.200. The Labute approximate surface area is 131 Å². The van der Waals surface area contributed by atoms with Crippen LogP contribution in [0.4, 0.5) is 0 Å². The summed E-state index contributed by atoms with van der Waals surface area (Å²) in [5, 5.41) is 19.1. The topological polar surface area (TPSA) is 113 Å². The summed E-state index contributed by atoms with van der Waals surface area (Å²) >= 11 is 0. The number of fused-ring (bicyclic) bond motifs is 1. The molecule has 0 aliphatic carbocycles. The van der Waals surface area contributed by atoms with E-state index in [2.05, 4.69) is 25.9 Å². The molecule has 0 spiro atoms. The minimum atomic E-state index is -0.359. The maximum absolute atomic E-state index is 12.0. The van der Waals surface area contributed by atoms with E-state index in [1.807, 2.05) is 31.2 Å². The Morgan fingerprint density at radius 3 is 2.96 bits per heavy atom. The summed E-state index contributed by atoms with van der Waals surface area (Å²) in [4.78, 5) is 21.2. The molecule has 0 unspecified atom stereocenters. The van der Waals surface area contributed by atoms with E-state index in [0.29, 0.717) is 16.7 Å². The molecule has 118 valence electrons. The summed E-state index contributed by atoms with van der Waals surface area (Å²) in [5.41, 5.74) is 6.43. The molecule has 0 atom stereocenters. The van der Waals surface area contributed by atoms with Gasteiger partial charge in [-0.15, -0.1) is 5.10 Å². The molecule has 2 heterocycles. The van der Waals surface area contributed by atoms with Crippen LogP contribution in [0.1, 0.15) is 15.9 Å². The summed E-state index contributed by atoms with van der Waals surface area (Å²) in [6, 6.07) is 9.07. The van der Waals surface area contributed by atoms with Crippen LogP contribution in [0.5, 0.6) is 0 Å². The number of aromatic amines is 1. The zero-order valence-electron chi connectivity index (χ0n) is 12.4. The number of hydroxylamine groups is 1. The summed E-state index contributed by atoms with van der Waals surface area (Å²) in [7, 11) is 0. The minimum Gasteiger partial charge on any atom is -0.394 e. The fourth-order valence-electron chi connectivity index (χ4n) is 2.19. The van der Waals surface area contributed by atoms with Crippen molar-refractivity contribution < 1.29 is 14.7 Å². The Morgan fingerprint density at radius 1 is 1.30 bits per heavy atom. The summed E-state index contributed by atoms with van der Waals surface area (Å²) in [6.07, 6.45) is 0. The minimum absolute atomic E-state index is 0.0461. The second-order valence-electron chi connectivity index (χ2n) is 4.90. The van der Waals surface area contributed by atoms with Crippen molar-refractivity contribution in [2.24, 2.45) is 0 Å². The zero-order valence-corrected chi connectivity index (χ0v) is 12.4. The van der Waals surface area contributed by atoms with Gasteiger partial charge in [-0.3, -0.25) is 9.63 Å². The monoisotopic (exact) mass is 313 g/mol. The van der Waals surface area contributed by atoms with E-state index < -0.39 is 0 Å². The van der Waals surface area contributed by atoms with Crippen LogP contribution in [0.3, 0.4) is 0 Å². The van der Waals surface area contributed by atoms with Gasteiger partial charge < -0.3 is 5.11 Å². The molecule has 3 rings (SSSR count). The predicted molar refractivity (Wildman–Crippen MR) is 82.4 cm³/mol. The van der Waals surface area contributed by atoms with Crippen LogP contribution in [0.25, 0.3) is 22.4 Å². The molecule has 0 radical (unpaired) electrons. The van der Waals surface area contributed by atoms with E-state index in [1.165, 1.54) is 0 Å². The van der Waals surface area contributed by atoms with Gasteiger partial charge >= 0.3 is 0 Å². The van der Waals surface area contributed by atoms with E-state index in [9.17, 15) is 4.79 Å². The molecule has 0 bridgehead atoms. The van der Waals surface area contributed by atoms with Crippen LogP contribution in [-0.4, -0.2) is 44.6 Å². The van der Waals surface area contributed by atoms with Gasteiger partial charge in [-0.05, 0) is 36.8 Å². The maximum atomic E-state index is 12.0. The quantitative estimate of drug-likeness (QED) is 0.478. The van der Waals surface area contributed by atoms with Crippen molar-refractivity contribution in [3.05, 3.63) is 41.5 Å². The lowest BCUT2D eigenvalue weighted by Gasteiger charge is -2.09. The van der Waals surface area contributed by atoms with Crippen LogP contribution in [-0.2, 0) is 4.84 Å². The van der Waals surface area contributed by atoms with Crippen molar-refractivity contribution in [2.75, 3.05) is 13.2 Å². The number of carbonyl (C=O) groups excluding carboxylic acids is 1. The van der Waals surface area contributed by atoms with Crippen molar-refractivity contribution in [3.63, 3.8) is 0 Å². The first-order valence-electron chi connectivity index (χ1n) is 7.00. The van der Waals surface area contributed by atoms with Crippen molar-refractivity contribution in [2.45, 2.75) is 6.92 Å². The number of amides is 1. The van der Waals surface area contributed by atoms with Gasteiger partial charge in [-0.1, -0.05) is 6.07 Å². The van der Waals surface area contributed by atoms with E-state index >= 15 is 0 Å². The van der Waals surface area contributed by atoms with E-state index in [0.717, 1.165) is 16.8 Å². The number of nitrogens with one attached hydrogen (secondary N) is 2. The van der Waals surface area contributed by atoms with Crippen molar-refractivity contribution in [1.82, 2.24) is 25.9 Å². The highest BCUT2D eigenvalue weighted by molar-refractivity contribution is 5.95. The molecule has 0 saturated heterocycles. The van der Waals surface area contributed by atoms with E-state index in [1.54, 1.807) is 6.07 Å². The number of hydrogen-bond donors (Lipinski definition) is 3. The average molecular weight is 313 g/mol. The maximum Gasteiger partial charge on any atom is 0.275 e. The Kier molecular flexibility index (Phi) is 4.26. The Morgan fingerprint density at radius 2 is 2.17 bits per heavy atom. The molecule has 2 aromatic heterocycles. The molecule has 8 heteroatoms. The number of aromatic nitrogens is 4. The van der Waals surface area contributed by atoms with Gasteiger partial charge in [0.25, 0.3) is 5.91 Å². The summed E-state index contributed by atoms with van der Waals surface area (Å²) < 4.78 is 0. The van der Waals surface area contributed by atoms with Gasteiger partial charge in [0.2, 0.25) is 5.65 Å². The van der Waals surface area contributed by atoms with Crippen molar-refractivity contribution >= 4 is 17.1 Å². The highest BCUT2D eigenvalue weighted by atomic mass is 16.7. The van der Waals surface area contributed by atoms with Gasteiger partial charge in [-0.25, -0.2) is 10.5 Å². The molecule has 3 N–H and O–H groups in total. The average Bonchev–Trinajstić information content (AvgIpc) is 3.02. The highest BCUT2D eigenvalue weighted by Gasteiger charge is 2.11. The van der Waals surface area contributed by atoms with Crippen LogP contribution in [0.2, 0.25) is 0 Å². The lowest BCUT2D eigenvalue weighted by Crippen LogP contribution is -2.25. The standard InChI is InChI=1S/C15H15N5O3/c1-9-8-10(2-3-11(9)15(22)19-23-7-6-21)12-4-5-13-14(16-12)18-20-17-13/h2-5,8,21H,6-7H2,1H3,(H,19,22)(H,16,17,18,20). The van der Waals surface area contributed by atoms with Crippen LogP contribution in [0, 0.1) is 6.92 Å². The molecule has 1 amide bonds. The number of rotatable bonds is 5. The third-order valence-electron chi connectivity index (χ3n) is 3.31. The number of nitrogens with zero attached hydrogens (tertiary/aromatic N) is 3. The molecule has 3 aromatic rings. The largest absolute Gasteiger partial charge is 0.394 e. The number of aliphatic hydroxyl groups excluding tert-OH is 1. The molecule has 0 fully saturated rings. The SMILES string of the molecule is Cc1cc(-c2ccc3n[nH]nc3n2)ccc1C(=O)NOCCO. The first-order valence-corrected chi connectivity index (χ1v) is 7.00. The normalized spacial score (nSPS) is 10.9. The highest BCUT2D eigenvalue weighted by Crippen LogP contribution is 2.22. The molecular formula is C15H15N5O3. The van der Waals surface area contributed by atoms with Gasteiger partial charge in [0, 0.05) is 11.1 Å². The first kappa shape index (κ1) is 15.1. The first-order chi connectivity index (χ1) is 11.2. The smallest absolute Gasteiger partial charge is 0.275 e. The number of pyridine rings is 1. The Hall–Kier alpha value is -2.84. The van der Waals surface area contributed by atoms with Crippen LogP contribution < -0.4 is 5.48 Å². The number of aliphatic hydroxyl groups is 1. The fourth-order valence-corrected chi connectivity index (χ4v) is 2.19. The third-order valence-corrected chi connectivity index (χ3v) is 3.31. The van der Waals surface area contributed by atoms with Crippen molar-refractivity contribution in [3.8, 4) is 11.3 Å². The van der Waals surface area contributed by atoms with Gasteiger partial charge in [0.15, 0.2) is 0 Å². The zero-order chi connectivity index (χ0) is 16.2. The molecule has 23 heavy (non-hydrogen) atoms. The van der Waals surface area contributed by atoms with Gasteiger partial charge in [-0.2, -0.15) is 10.3 Å². The van der Waals surface area contributed by atoms with Gasteiger partial charge in [0.1, 0.15) is 5.52 Å². The Bertz CT molecular complexity index is 846. The van der Waals surface area contributed by atoms with E-state index in [4.69, 9.17) is 9.94 Å². The number of hydrogen-bond acceptors (Lipinski definition) is 6. The number of benzene rings is 1. The van der Waals surface area contributed by atoms with Crippen LogP contribution >= 0.6 is 0 Å². The second kappa shape index (κ2) is 6.51. The summed E-state index contributed by atoms with van der Waals surface area (Å²) in [6.45, 7) is 1.72. The molecular weight excluding hydrogens is 298 g/mol. The molecule has 8 nitrogen and oxygen atoms in total. The van der Waals surface area contributed by atoms with E-state index in [-0.39, 0.29) is 19.1 Å². The predicted octanol–water partition coefficient (Wildman–Crippen LogP) is 0.982. The molecule has 1 aromatic carbocycles. The van der Waals surface area contributed by atoms with Crippen LogP contribution in [0.15, 0.2) is 30.3 Å². The number of H-pyrrole nitrogens is 1. The number of aryl methyl sites for hydroxylation is 1. The summed E-state index contributed by atoms with van der Waals surface area (Å²) in [5.74, 6) is -0.359. The Balaban J connectivity index is 1.84. The lowest BCUT2D eigenvalue weighted by molar-refractivity contribution is 0.0168. The number of carbonyl (C=O) groups is 1. The molecule has 0 aliphatic rings. The lowest BCUT2D eigenvalue weighted by atomic mass is 10.0. The van der Waals surface area contributed by atoms with Gasteiger partial charge in [0.05, 0.1) is 18.9 Å². The molecule has 0 aliphatic heterocycles.